The molecule has 2 aliphatic rings. The molecule has 130 valence electrons. The summed E-state index contributed by atoms with van der Waals surface area (Å²) in [5.74, 6) is 0.197. The van der Waals surface area contributed by atoms with Crippen molar-refractivity contribution in [2.75, 3.05) is 7.11 Å². The Morgan fingerprint density at radius 2 is 1.85 bits per heavy atom. The van der Waals surface area contributed by atoms with E-state index in [1.54, 1.807) is 5.06 Å². The second kappa shape index (κ2) is 6.19. The predicted octanol–water partition coefficient (Wildman–Crippen LogP) is 3.96. The molecule has 0 bridgehead atoms. The molecule has 4 rings (SSSR count). The molecule has 0 fully saturated rings. The lowest BCUT2D eigenvalue weighted by Crippen LogP contribution is -2.47. The third-order valence-corrected chi connectivity index (χ3v) is 4.71. The Labute approximate surface area is 151 Å². The van der Waals surface area contributed by atoms with Crippen molar-refractivity contribution in [1.82, 2.24) is 5.06 Å². The zero-order valence-corrected chi connectivity index (χ0v) is 14.5. The van der Waals surface area contributed by atoms with Crippen molar-refractivity contribution in [2.24, 2.45) is 4.99 Å². The summed E-state index contributed by atoms with van der Waals surface area (Å²) in [6.45, 7) is 1.94. The summed E-state index contributed by atoms with van der Waals surface area (Å²) >= 11 is 0. The number of esters is 1. The minimum Gasteiger partial charge on any atom is -0.465 e. The Kier molecular flexibility index (Phi) is 3.84. The van der Waals surface area contributed by atoms with Crippen molar-refractivity contribution in [3.8, 4) is 0 Å². The van der Waals surface area contributed by atoms with E-state index >= 15 is 0 Å². The Morgan fingerprint density at radius 3 is 2.62 bits per heavy atom. The van der Waals surface area contributed by atoms with E-state index in [4.69, 9.17) is 14.6 Å². The molecule has 5 heteroatoms. The number of methoxy groups -OCH3 is 1. The summed E-state index contributed by atoms with van der Waals surface area (Å²) < 4.78 is 4.96. The van der Waals surface area contributed by atoms with Gasteiger partial charge in [0, 0.05) is 5.56 Å². The number of nitrogens with zero attached hydrogens (tertiary/aromatic N) is 2. The molecular weight excluding hydrogens is 328 g/mol. The van der Waals surface area contributed by atoms with Gasteiger partial charge in [-0.05, 0) is 24.6 Å². The number of para-hydroxylation sites is 1. The monoisotopic (exact) mass is 346 g/mol. The van der Waals surface area contributed by atoms with Crippen molar-refractivity contribution < 1.29 is 14.4 Å². The molecule has 26 heavy (non-hydrogen) atoms. The lowest BCUT2D eigenvalue weighted by molar-refractivity contribution is -0.138. The van der Waals surface area contributed by atoms with Gasteiger partial charge in [-0.3, -0.25) is 0 Å². The van der Waals surface area contributed by atoms with Gasteiger partial charge in [-0.25, -0.2) is 9.79 Å². The number of aliphatic imine (C=N–C) groups is 1. The maximum absolute atomic E-state index is 12.3. The molecule has 2 heterocycles. The average molecular weight is 346 g/mol. The fraction of sp³-hybridized carbons (Fsp3) is 0.143. The third kappa shape index (κ3) is 2.40. The summed E-state index contributed by atoms with van der Waals surface area (Å²) in [5, 5.41) is 1.65. The standard InChI is InChI=1S/C21H18N2O3/c1-21-16-10-6-7-11-18(16)22-19(13-12-15-8-4-3-5-9-15)23(21)26-14-17(21)20(24)25-2/h3-14H,1-2H3/b13-12+. The first-order chi connectivity index (χ1) is 12.6. The molecule has 1 unspecified atom stereocenters. The number of rotatable bonds is 3. The van der Waals surface area contributed by atoms with Crippen LogP contribution in [0.1, 0.15) is 18.1 Å². The second-order valence-corrected chi connectivity index (χ2v) is 6.23. The number of amidine groups is 1. The number of hydroxylamine groups is 2. The van der Waals surface area contributed by atoms with Crippen LogP contribution in [0.5, 0.6) is 0 Å². The van der Waals surface area contributed by atoms with Gasteiger partial charge in [0.2, 0.25) is 0 Å². The van der Waals surface area contributed by atoms with Gasteiger partial charge < -0.3 is 9.57 Å². The molecule has 0 amide bonds. The van der Waals surface area contributed by atoms with Gasteiger partial charge in [0.25, 0.3) is 0 Å². The van der Waals surface area contributed by atoms with Crippen LogP contribution in [0.4, 0.5) is 5.69 Å². The van der Waals surface area contributed by atoms with Crippen LogP contribution in [0.15, 0.2) is 77.5 Å². The van der Waals surface area contributed by atoms with E-state index in [1.807, 2.05) is 73.7 Å². The number of hydrogen-bond acceptors (Lipinski definition) is 5. The van der Waals surface area contributed by atoms with Crippen LogP contribution in [0, 0.1) is 0 Å². The molecule has 0 saturated heterocycles. The molecule has 0 spiro atoms. The van der Waals surface area contributed by atoms with Crippen LogP contribution in [0.3, 0.4) is 0 Å². The Balaban J connectivity index is 1.80. The smallest absolute Gasteiger partial charge is 0.339 e. The largest absolute Gasteiger partial charge is 0.465 e. The molecule has 0 saturated carbocycles. The van der Waals surface area contributed by atoms with Crippen LogP contribution in [-0.2, 0) is 19.9 Å². The van der Waals surface area contributed by atoms with E-state index in [2.05, 4.69) is 0 Å². The zero-order valence-electron chi connectivity index (χ0n) is 14.5. The van der Waals surface area contributed by atoms with E-state index in [0.29, 0.717) is 11.4 Å². The first-order valence-corrected chi connectivity index (χ1v) is 8.32. The summed E-state index contributed by atoms with van der Waals surface area (Å²) in [7, 11) is 1.37. The molecule has 5 nitrogen and oxygen atoms in total. The van der Waals surface area contributed by atoms with Crippen LogP contribution in [0.2, 0.25) is 0 Å². The fourth-order valence-corrected chi connectivity index (χ4v) is 3.32. The molecule has 0 aromatic heterocycles. The van der Waals surface area contributed by atoms with E-state index in [1.165, 1.54) is 13.4 Å². The van der Waals surface area contributed by atoms with Gasteiger partial charge in [0.05, 0.1) is 12.8 Å². The summed E-state index contributed by atoms with van der Waals surface area (Å²) in [5.41, 5.74) is 2.39. The highest BCUT2D eigenvalue weighted by Crippen LogP contribution is 2.48. The lowest BCUT2D eigenvalue weighted by atomic mass is 9.82. The van der Waals surface area contributed by atoms with Gasteiger partial charge in [-0.15, -0.1) is 0 Å². The van der Waals surface area contributed by atoms with Crippen molar-refractivity contribution in [3.63, 3.8) is 0 Å². The highest BCUT2D eigenvalue weighted by atomic mass is 16.7. The molecule has 2 aromatic carbocycles. The second-order valence-electron chi connectivity index (χ2n) is 6.23. The van der Waals surface area contributed by atoms with E-state index in [0.717, 1.165) is 16.8 Å². The highest BCUT2D eigenvalue weighted by Gasteiger charge is 2.51. The number of carbonyl (C=O) groups excluding carboxylic acids is 1. The molecule has 0 radical (unpaired) electrons. The number of carbonyl (C=O) groups is 1. The quantitative estimate of drug-likeness (QED) is 0.789. The van der Waals surface area contributed by atoms with Crippen molar-refractivity contribution in [3.05, 3.63) is 83.6 Å². The summed E-state index contributed by atoms with van der Waals surface area (Å²) in [6, 6.07) is 17.7. The van der Waals surface area contributed by atoms with Crippen LogP contribution in [0.25, 0.3) is 6.08 Å². The summed E-state index contributed by atoms with van der Waals surface area (Å²) in [6.07, 6.45) is 5.30. The number of hydrogen-bond donors (Lipinski definition) is 0. The Hall–Kier alpha value is -3.34. The van der Waals surface area contributed by atoms with E-state index < -0.39 is 11.5 Å². The van der Waals surface area contributed by atoms with Gasteiger partial charge in [-0.2, -0.15) is 5.06 Å². The minimum atomic E-state index is -0.804. The third-order valence-electron chi connectivity index (χ3n) is 4.71. The van der Waals surface area contributed by atoms with Crippen molar-refractivity contribution >= 4 is 23.6 Å². The molecule has 0 aliphatic carbocycles. The van der Waals surface area contributed by atoms with Crippen LogP contribution >= 0.6 is 0 Å². The topological polar surface area (TPSA) is 51.1 Å². The molecule has 0 N–H and O–H groups in total. The molecule has 2 aliphatic heterocycles. The predicted molar refractivity (Wildman–Crippen MR) is 99.4 cm³/mol. The minimum absolute atomic E-state index is 0.418. The van der Waals surface area contributed by atoms with Crippen molar-refractivity contribution in [1.29, 1.82) is 0 Å². The van der Waals surface area contributed by atoms with Crippen LogP contribution in [-0.4, -0.2) is 24.0 Å². The molecule has 1 atom stereocenters. The normalized spacial score (nSPS) is 20.8. The number of benzene rings is 2. The zero-order chi connectivity index (χ0) is 18.1. The fourth-order valence-electron chi connectivity index (χ4n) is 3.32. The maximum atomic E-state index is 12.3. The van der Waals surface area contributed by atoms with E-state index in [-0.39, 0.29) is 0 Å². The lowest BCUT2D eigenvalue weighted by Gasteiger charge is -2.39. The first-order valence-electron chi connectivity index (χ1n) is 8.32. The van der Waals surface area contributed by atoms with Crippen molar-refractivity contribution in [2.45, 2.75) is 12.5 Å². The van der Waals surface area contributed by atoms with Gasteiger partial charge >= 0.3 is 5.97 Å². The summed E-state index contributed by atoms with van der Waals surface area (Å²) in [4.78, 5) is 22.8. The van der Waals surface area contributed by atoms with Crippen LogP contribution < -0.4 is 0 Å². The van der Waals surface area contributed by atoms with Gasteiger partial charge in [-0.1, -0.05) is 54.6 Å². The Bertz CT molecular complexity index is 947. The highest BCUT2D eigenvalue weighted by molar-refractivity contribution is 6.02. The maximum Gasteiger partial charge on any atom is 0.339 e. The average Bonchev–Trinajstić information content (AvgIpc) is 3.05. The molecule has 2 aromatic rings. The number of ether oxygens (including phenoxy) is 1. The van der Waals surface area contributed by atoms with Gasteiger partial charge in [0.15, 0.2) is 5.84 Å². The van der Waals surface area contributed by atoms with Gasteiger partial charge in [0.1, 0.15) is 17.4 Å². The first kappa shape index (κ1) is 16.1. The SMILES string of the molecule is COC(=O)C1=CON2C(/C=C/c3ccccc3)=Nc3ccccc3C12C. The van der Waals surface area contributed by atoms with E-state index in [9.17, 15) is 4.79 Å². The molecular formula is C21H18N2O3. The number of fused-ring (bicyclic) bond motifs is 3. The Morgan fingerprint density at radius 1 is 1.12 bits per heavy atom.